The lowest BCUT2D eigenvalue weighted by Crippen LogP contribution is -1.91. The third-order valence-electron chi connectivity index (χ3n) is 1.30. The summed E-state index contributed by atoms with van der Waals surface area (Å²) >= 11 is 1.67. The van der Waals surface area contributed by atoms with E-state index in [9.17, 15) is 0 Å². The molecule has 0 saturated carbocycles. The van der Waals surface area contributed by atoms with E-state index in [4.69, 9.17) is 0 Å². The summed E-state index contributed by atoms with van der Waals surface area (Å²) < 4.78 is 1.88. The van der Waals surface area contributed by atoms with E-state index >= 15 is 0 Å². The fourth-order valence-electron chi connectivity index (χ4n) is 0.627. The Bertz CT molecular complexity index is 185. The maximum atomic E-state index is 4.21. The first-order valence-corrected chi connectivity index (χ1v) is 4.01. The second-order valence-electron chi connectivity index (χ2n) is 1.95. The van der Waals surface area contributed by atoms with E-state index in [2.05, 4.69) is 11.2 Å². The summed E-state index contributed by atoms with van der Waals surface area (Å²) in [5.74, 6) is 0. The summed E-state index contributed by atoms with van der Waals surface area (Å²) in [5, 5.41) is 5.30. The lowest BCUT2D eigenvalue weighted by atomic mass is 10.5. The molecule has 9 heavy (non-hydrogen) atoms. The number of nitrogens with zero attached hydrogens (tertiary/aromatic N) is 2. The van der Waals surface area contributed by atoms with Crippen molar-refractivity contribution in [3.63, 3.8) is 0 Å². The number of thioether (sulfide) groups is 1. The first-order chi connectivity index (χ1) is 4.24. The molecule has 0 N–H and O–H groups in total. The molecule has 3 heteroatoms. The summed E-state index contributed by atoms with van der Waals surface area (Å²) in [6, 6.07) is 2.07. The summed E-state index contributed by atoms with van der Waals surface area (Å²) in [7, 11) is 1.95. The molecule has 1 heterocycles. The number of hydrogen-bond donors (Lipinski definition) is 0. The van der Waals surface area contributed by atoms with Crippen LogP contribution >= 0.6 is 11.8 Å². The molecular formula is C6H10N2S. The smallest absolute Gasteiger partial charge is 0.118 e. The van der Waals surface area contributed by atoms with E-state index in [0.717, 1.165) is 5.03 Å². The van der Waals surface area contributed by atoms with Crippen LogP contribution in [0.3, 0.4) is 0 Å². The highest BCUT2D eigenvalue weighted by molar-refractivity contribution is 7.98. The van der Waals surface area contributed by atoms with Gasteiger partial charge in [0.2, 0.25) is 0 Å². The van der Waals surface area contributed by atoms with Gasteiger partial charge in [0.25, 0.3) is 0 Å². The molecule has 2 nitrogen and oxygen atoms in total. The predicted molar refractivity (Wildman–Crippen MR) is 39.7 cm³/mol. The van der Waals surface area contributed by atoms with Gasteiger partial charge in [0, 0.05) is 12.7 Å². The molecule has 0 spiro atoms. The molecule has 0 aliphatic carbocycles. The zero-order chi connectivity index (χ0) is 6.85. The Hall–Kier alpha value is -0.440. The van der Waals surface area contributed by atoms with Crippen molar-refractivity contribution in [2.75, 3.05) is 6.26 Å². The Morgan fingerprint density at radius 2 is 2.33 bits per heavy atom. The van der Waals surface area contributed by atoms with Gasteiger partial charge in [0.05, 0.1) is 0 Å². The third kappa shape index (κ3) is 1.27. The van der Waals surface area contributed by atoms with E-state index in [1.54, 1.807) is 11.8 Å². The largest absolute Gasteiger partial charge is 0.272 e. The van der Waals surface area contributed by atoms with Crippen molar-refractivity contribution in [3.05, 3.63) is 11.8 Å². The van der Waals surface area contributed by atoms with E-state index in [1.807, 2.05) is 24.9 Å². The Balaban J connectivity index is 2.98. The van der Waals surface area contributed by atoms with Crippen LogP contribution in [0.4, 0.5) is 0 Å². The van der Waals surface area contributed by atoms with Gasteiger partial charge in [-0.15, -0.1) is 11.8 Å². The first kappa shape index (κ1) is 6.68. The van der Waals surface area contributed by atoms with Crippen LogP contribution in [-0.2, 0) is 7.05 Å². The molecule has 0 atom stereocenters. The van der Waals surface area contributed by atoms with Crippen LogP contribution in [0.15, 0.2) is 11.1 Å². The molecule has 0 fully saturated rings. The molecule has 0 aliphatic heterocycles. The van der Waals surface area contributed by atoms with E-state index in [-0.39, 0.29) is 0 Å². The monoisotopic (exact) mass is 142 g/mol. The number of rotatable bonds is 1. The second kappa shape index (κ2) is 2.43. The molecule has 50 valence electrons. The maximum absolute atomic E-state index is 4.21. The van der Waals surface area contributed by atoms with Crippen LogP contribution in [0.25, 0.3) is 0 Å². The minimum absolute atomic E-state index is 1.09. The fourth-order valence-corrected chi connectivity index (χ4v) is 1.12. The molecular weight excluding hydrogens is 132 g/mol. The first-order valence-electron chi connectivity index (χ1n) is 2.78. The van der Waals surface area contributed by atoms with Crippen LogP contribution in [0.1, 0.15) is 5.69 Å². The second-order valence-corrected chi connectivity index (χ2v) is 2.78. The maximum Gasteiger partial charge on any atom is 0.118 e. The van der Waals surface area contributed by atoms with Crippen LogP contribution in [0, 0.1) is 6.92 Å². The molecule has 0 unspecified atom stereocenters. The van der Waals surface area contributed by atoms with Crippen molar-refractivity contribution in [1.29, 1.82) is 0 Å². The van der Waals surface area contributed by atoms with Gasteiger partial charge in [-0.25, -0.2) is 0 Å². The van der Waals surface area contributed by atoms with Crippen molar-refractivity contribution in [2.24, 2.45) is 7.05 Å². The zero-order valence-electron chi connectivity index (χ0n) is 5.88. The molecule has 1 rings (SSSR count). The van der Waals surface area contributed by atoms with Crippen LogP contribution in [0.5, 0.6) is 0 Å². The van der Waals surface area contributed by atoms with Gasteiger partial charge in [-0.3, -0.25) is 4.68 Å². The predicted octanol–water partition coefficient (Wildman–Crippen LogP) is 1.45. The van der Waals surface area contributed by atoms with Crippen LogP contribution in [-0.4, -0.2) is 16.0 Å². The standard InChI is InChI=1S/C6H10N2S/c1-5-4-6(9-3)7-8(5)2/h4H,1-3H3. The molecule has 0 aliphatic rings. The molecule has 0 saturated heterocycles. The van der Waals surface area contributed by atoms with Gasteiger partial charge in [-0.2, -0.15) is 5.10 Å². The Labute approximate surface area is 59.3 Å². The fraction of sp³-hybridized carbons (Fsp3) is 0.500. The van der Waals surface area contributed by atoms with Crippen molar-refractivity contribution in [1.82, 2.24) is 9.78 Å². The quantitative estimate of drug-likeness (QED) is 0.552. The molecule has 0 aromatic carbocycles. The van der Waals surface area contributed by atoms with E-state index < -0.39 is 0 Å². The highest BCUT2D eigenvalue weighted by Crippen LogP contribution is 2.12. The molecule has 0 bridgehead atoms. The average Bonchev–Trinajstić information content (AvgIpc) is 2.13. The van der Waals surface area contributed by atoms with Gasteiger partial charge < -0.3 is 0 Å². The average molecular weight is 142 g/mol. The lowest BCUT2D eigenvalue weighted by Gasteiger charge is -1.88. The van der Waals surface area contributed by atoms with Gasteiger partial charge in [-0.1, -0.05) is 0 Å². The molecule has 1 aromatic rings. The summed E-state index contributed by atoms with van der Waals surface area (Å²) in [6.45, 7) is 2.05. The van der Waals surface area contributed by atoms with E-state index in [0.29, 0.717) is 0 Å². The number of hydrogen-bond acceptors (Lipinski definition) is 2. The highest BCUT2D eigenvalue weighted by atomic mass is 32.2. The summed E-state index contributed by atoms with van der Waals surface area (Å²) in [4.78, 5) is 0. The Morgan fingerprint density at radius 1 is 1.67 bits per heavy atom. The molecule has 1 aromatic heterocycles. The number of aromatic nitrogens is 2. The number of aryl methyl sites for hydroxylation is 2. The van der Waals surface area contributed by atoms with Gasteiger partial charge >= 0.3 is 0 Å². The topological polar surface area (TPSA) is 17.8 Å². The van der Waals surface area contributed by atoms with Gasteiger partial charge in [0.15, 0.2) is 0 Å². The van der Waals surface area contributed by atoms with Crippen molar-refractivity contribution >= 4 is 11.8 Å². The Kier molecular flexibility index (Phi) is 1.81. The third-order valence-corrected chi connectivity index (χ3v) is 1.92. The van der Waals surface area contributed by atoms with E-state index in [1.165, 1.54) is 5.69 Å². The highest BCUT2D eigenvalue weighted by Gasteiger charge is 1.96. The minimum Gasteiger partial charge on any atom is -0.272 e. The van der Waals surface area contributed by atoms with Gasteiger partial charge in [0.1, 0.15) is 5.03 Å². The zero-order valence-corrected chi connectivity index (χ0v) is 6.70. The minimum atomic E-state index is 1.09. The van der Waals surface area contributed by atoms with Crippen LogP contribution < -0.4 is 0 Å². The van der Waals surface area contributed by atoms with Crippen molar-refractivity contribution < 1.29 is 0 Å². The van der Waals surface area contributed by atoms with Crippen molar-refractivity contribution in [3.8, 4) is 0 Å². The molecule has 0 radical (unpaired) electrons. The Morgan fingerprint density at radius 3 is 2.56 bits per heavy atom. The van der Waals surface area contributed by atoms with Crippen molar-refractivity contribution in [2.45, 2.75) is 11.9 Å². The molecule has 0 amide bonds. The lowest BCUT2D eigenvalue weighted by molar-refractivity contribution is 0.716. The van der Waals surface area contributed by atoms with Gasteiger partial charge in [-0.05, 0) is 19.2 Å². The summed E-state index contributed by atoms with van der Waals surface area (Å²) in [6.07, 6.45) is 2.03. The van der Waals surface area contributed by atoms with Crippen LogP contribution in [0.2, 0.25) is 0 Å². The normalized spacial score (nSPS) is 10.1. The summed E-state index contributed by atoms with van der Waals surface area (Å²) in [5.41, 5.74) is 1.21. The SMILES string of the molecule is CSc1cc(C)n(C)n1.